The number of rotatable bonds is 31. The second kappa shape index (κ2) is 49.6. The number of fused-ring (bicyclic) bond motifs is 7. The summed E-state index contributed by atoms with van der Waals surface area (Å²) in [5.74, 6) is 6.33. The normalized spacial score (nSPS) is 20.1. The molecule has 0 bridgehead atoms. The van der Waals surface area contributed by atoms with Gasteiger partial charge in [0.15, 0.2) is 49.5 Å². The molecule has 1 unspecified atom stereocenters. The average Bonchev–Trinajstić information content (AvgIpc) is 1.55. The number of halogens is 3. The van der Waals surface area contributed by atoms with Gasteiger partial charge in [-0.2, -0.15) is 0 Å². The van der Waals surface area contributed by atoms with Gasteiger partial charge in [0.05, 0.1) is 23.0 Å². The predicted octanol–water partition coefficient (Wildman–Crippen LogP) is 31.2. The summed E-state index contributed by atoms with van der Waals surface area (Å²) in [5, 5.41) is 11.3. The van der Waals surface area contributed by atoms with Crippen molar-refractivity contribution in [1.29, 1.82) is 0 Å². The van der Waals surface area contributed by atoms with Crippen LogP contribution in [-0.2, 0) is 46.5 Å². The number of unbranched alkanes of at least 4 members (excludes halogenated alkanes) is 1. The Bertz CT molecular complexity index is 6590. The van der Waals surface area contributed by atoms with E-state index in [1.165, 1.54) is 168 Å². The van der Waals surface area contributed by atoms with Crippen LogP contribution in [0.1, 0.15) is 221 Å². The summed E-state index contributed by atoms with van der Waals surface area (Å²) in [6.07, 6.45) is 22.4. The molecule has 0 fully saturated rings. The van der Waals surface area contributed by atoms with Crippen molar-refractivity contribution in [2.75, 3.05) is 139 Å². The van der Waals surface area contributed by atoms with Gasteiger partial charge in [-0.15, -0.1) is 11.6 Å². The van der Waals surface area contributed by atoms with Crippen LogP contribution in [0, 0.1) is 5.92 Å². The fourth-order valence-electron chi connectivity index (χ4n) is 23.2. The standard InChI is InChI=1S/C34H41N2S.C29H33N2OS.C24H28ClN2S.C22H32ClN2S.C19H26ClN2S/c1-4-20-36-31-18-12-11-17-30(31)34(25-28-13-7-5-8-14-28,26-29-15-9-6-10-16-29)32(36)24-33-35(22-23-37-33)21-19-27(2)3;1-4-16-31-25-15-14-22-10-8-9-13-24(22)28(25)29(2,3)26(31)21-27-30(18-20-33-27)17-19-32-23-11-6-5-7-12-23;1-4-12-27-21-11-10-19(25)15-20(21)24(2,3)22(27)16-23-26(13-14-28-23)17-18-8-6-5-7-9-18;1-7-9-14-24-17-13-11-10-12-16(17)21(3,4)18(24)15-19-25(8-2)22(5,6)20(23)26-19;1-5-9-22-16-8-7-14(20)12-15(16)19(3,4)17(22)13-18-21(6-2)10-11-23-18/h5-18,24,27H,4,19-23,25-26H2,1-3H3;5-15,21H,4,16-20H2,1-3H3;5-11,15-16H,4,12-14,17H2,1-3H3;10-13,15,20H,7-9,14H2,1-6H3;7-8,12-13H,5-6,9-11H2,1-4H3/q5*+1. The molecule has 0 saturated carbocycles. The van der Waals surface area contributed by atoms with Crippen molar-refractivity contribution in [1.82, 2.24) is 0 Å². The molecule has 0 N–H and O–H groups in total. The van der Waals surface area contributed by atoms with Crippen molar-refractivity contribution in [3.8, 4) is 5.75 Å². The van der Waals surface area contributed by atoms with Gasteiger partial charge in [0.1, 0.15) is 32.0 Å². The third-order valence-electron chi connectivity index (χ3n) is 31.0. The van der Waals surface area contributed by atoms with E-state index in [2.05, 4.69) is 409 Å². The fourth-order valence-corrected chi connectivity index (χ4v) is 29.6. The number of alkyl halides is 1. The Labute approximate surface area is 918 Å². The molecule has 10 aromatic carbocycles. The Hall–Kier alpha value is -9.07. The monoisotopic (exact) mass is 2120 g/mol. The number of nitrogens with zero attached hydrogens (tertiary/aromatic N) is 10. The third kappa shape index (κ3) is 24.4. The topological polar surface area (TPSA) is 40.5 Å². The molecule has 0 aromatic heterocycles. The first-order valence-corrected chi connectivity index (χ1v) is 60.5. The number of thioether (sulfide) groups is 5. The molecular formula is C128H160Cl3N10OS5+5. The van der Waals surface area contributed by atoms with Crippen LogP contribution in [0.25, 0.3) is 10.8 Å². The van der Waals surface area contributed by atoms with Crippen molar-refractivity contribution < 1.29 is 27.6 Å². The Morgan fingerprint density at radius 2 is 0.769 bits per heavy atom. The maximum Gasteiger partial charge on any atom is 0.238 e. The number of allylic oxidation sites excluding steroid dienone is 5. The molecule has 10 aliphatic rings. The van der Waals surface area contributed by atoms with Gasteiger partial charge in [0.25, 0.3) is 0 Å². The number of para-hydroxylation sites is 3. The van der Waals surface area contributed by atoms with Crippen LogP contribution in [0.2, 0.25) is 10.0 Å². The molecule has 147 heavy (non-hydrogen) atoms. The lowest BCUT2D eigenvalue weighted by Gasteiger charge is -2.34. The lowest BCUT2D eigenvalue weighted by Crippen LogP contribution is -2.39. The van der Waals surface area contributed by atoms with Gasteiger partial charge < -0.3 is 29.2 Å². The zero-order valence-electron chi connectivity index (χ0n) is 91.0. The first kappa shape index (κ1) is 111. The van der Waals surface area contributed by atoms with Crippen LogP contribution in [0.15, 0.2) is 302 Å². The minimum Gasteiger partial charge on any atom is -0.487 e. The van der Waals surface area contributed by atoms with Crippen LogP contribution in [-0.4, -0.2) is 173 Å². The first-order chi connectivity index (χ1) is 70.9. The summed E-state index contributed by atoms with van der Waals surface area (Å²) in [6.45, 7) is 59.2. The van der Waals surface area contributed by atoms with E-state index in [-0.39, 0.29) is 37.3 Å². The molecule has 11 nitrogen and oxygen atoms in total. The molecule has 0 amide bonds. The van der Waals surface area contributed by atoms with Crippen LogP contribution < -0.4 is 29.2 Å². The van der Waals surface area contributed by atoms with Crippen LogP contribution in [0.4, 0.5) is 28.4 Å². The van der Waals surface area contributed by atoms with E-state index in [0.717, 1.165) is 163 Å². The van der Waals surface area contributed by atoms with E-state index < -0.39 is 0 Å². The number of hydrogen-bond donors (Lipinski definition) is 0. The SMILES string of the molecule is CCCCN1C(=CC2=[N+](CC)C(C)(C)C(Cl)S2)C(C)(C)c2ccccc21.CCCN1C(=CC2=[N+](CC)CCS2)C(C)(C)c2cc(Cl)ccc21.CCCN1C(=CC2=[N+](CCC(C)C)CCS2)C(Cc2ccccc2)(Cc2ccccc2)c2ccccc21.CCCN1C(=CC2=[N+](CCOc3ccccc3)CCS2)C(C)(C)c2c1ccc1ccccc21.CCCN1C(=CC2=[N+](Cc3ccccc3)CCS2)C(C)(C)c2cc(Cl)ccc21. The summed E-state index contributed by atoms with van der Waals surface area (Å²) >= 11 is 29.1. The lowest BCUT2D eigenvalue weighted by atomic mass is 9.70. The Kier molecular flexibility index (Phi) is 37.3. The molecule has 774 valence electrons. The summed E-state index contributed by atoms with van der Waals surface area (Å²) in [5.41, 5.74) is 24.8. The van der Waals surface area contributed by atoms with Gasteiger partial charge in [0.2, 0.25) is 25.2 Å². The third-order valence-corrected chi connectivity index (χ3v) is 37.8. The van der Waals surface area contributed by atoms with Crippen LogP contribution in [0.5, 0.6) is 5.75 Å². The summed E-state index contributed by atoms with van der Waals surface area (Å²) in [6, 6.07) is 87.3. The molecule has 1 atom stereocenters. The van der Waals surface area contributed by atoms with E-state index in [0.29, 0.717) is 6.61 Å². The molecule has 20 rings (SSSR count). The van der Waals surface area contributed by atoms with E-state index in [9.17, 15) is 0 Å². The largest absolute Gasteiger partial charge is 0.487 e. The summed E-state index contributed by atoms with van der Waals surface area (Å²) in [4.78, 5) is 12.7. The molecule has 10 aromatic rings. The molecule has 0 saturated heterocycles. The van der Waals surface area contributed by atoms with Crippen LogP contribution >= 0.6 is 93.6 Å². The summed E-state index contributed by atoms with van der Waals surface area (Å²) in [7, 11) is 0. The van der Waals surface area contributed by atoms with Gasteiger partial charge in [-0.25, -0.2) is 22.9 Å². The molecule has 19 heteroatoms. The average molecular weight is 2120 g/mol. The van der Waals surface area contributed by atoms with Crippen molar-refractivity contribution >= 4 is 158 Å². The van der Waals surface area contributed by atoms with E-state index in [4.69, 9.17) is 39.5 Å². The highest BCUT2D eigenvalue weighted by Crippen LogP contribution is 2.57. The Morgan fingerprint density at radius 3 is 1.28 bits per heavy atom. The first-order valence-electron chi connectivity index (χ1n) is 54.5. The van der Waals surface area contributed by atoms with Gasteiger partial charge in [-0.1, -0.05) is 356 Å². The van der Waals surface area contributed by atoms with Gasteiger partial charge in [-0.3, -0.25) is 0 Å². The highest BCUT2D eigenvalue weighted by Gasteiger charge is 2.52. The predicted molar refractivity (Wildman–Crippen MR) is 646 cm³/mol. The second-order valence-electron chi connectivity index (χ2n) is 43.4. The highest BCUT2D eigenvalue weighted by molar-refractivity contribution is 8.16. The number of ether oxygens (including phenoxy) is 1. The summed E-state index contributed by atoms with van der Waals surface area (Å²) < 4.78 is 18.6. The van der Waals surface area contributed by atoms with Crippen molar-refractivity contribution in [3.05, 3.63) is 356 Å². The molecule has 0 radical (unpaired) electrons. The minimum absolute atomic E-state index is 0.00580. The highest BCUT2D eigenvalue weighted by atomic mass is 35.5. The second-order valence-corrected chi connectivity index (χ2v) is 50.6. The number of anilines is 5. The van der Waals surface area contributed by atoms with Crippen molar-refractivity contribution in [2.24, 2.45) is 5.92 Å². The van der Waals surface area contributed by atoms with Crippen LogP contribution in [0.3, 0.4) is 0 Å². The zero-order chi connectivity index (χ0) is 104. The quantitative estimate of drug-likeness (QED) is 0.0308. The Balaban J connectivity index is 0.000000133. The minimum atomic E-state index is -0.117. The number of benzene rings is 10. The maximum atomic E-state index is 6.70. The molecule has 10 heterocycles. The number of hydrogen-bond acceptors (Lipinski definition) is 11. The maximum absolute atomic E-state index is 6.70. The van der Waals surface area contributed by atoms with E-state index in [1.54, 1.807) is 11.8 Å². The van der Waals surface area contributed by atoms with Crippen molar-refractivity contribution in [3.63, 3.8) is 0 Å². The molecule has 0 spiro atoms. The van der Waals surface area contributed by atoms with Gasteiger partial charge >= 0.3 is 0 Å². The van der Waals surface area contributed by atoms with E-state index >= 15 is 0 Å². The zero-order valence-corrected chi connectivity index (χ0v) is 97.3. The smallest absolute Gasteiger partial charge is 0.238 e. The van der Waals surface area contributed by atoms with E-state index in [1.807, 2.05) is 89.5 Å². The Morgan fingerprint density at radius 1 is 0.374 bits per heavy atom. The molecule has 0 aliphatic carbocycles. The fraction of sp³-hybridized carbons (Fsp3) is 0.430. The molecule has 10 aliphatic heterocycles. The van der Waals surface area contributed by atoms with Gasteiger partial charge in [-0.05, 0) is 193 Å². The molecular weight excluding hydrogens is 1960 g/mol. The van der Waals surface area contributed by atoms with Gasteiger partial charge in [0, 0.05) is 183 Å². The lowest BCUT2D eigenvalue weighted by molar-refractivity contribution is -0.588. The van der Waals surface area contributed by atoms with Crippen molar-refractivity contribution in [2.45, 2.75) is 233 Å².